The fourth-order valence-corrected chi connectivity index (χ4v) is 5.35. The minimum Gasteiger partial charge on any atom is -0.486 e. The van der Waals surface area contributed by atoms with E-state index >= 15 is 0 Å². The van der Waals surface area contributed by atoms with E-state index in [1.165, 1.54) is 29.5 Å². The van der Waals surface area contributed by atoms with E-state index in [1.807, 2.05) is 18.2 Å². The van der Waals surface area contributed by atoms with Crippen LogP contribution in [0.2, 0.25) is 5.02 Å². The van der Waals surface area contributed by atoms with Crippen LogP contribution in [0.25, 0.3) is 6.08 Å². The van der Waals surface area contributed by atoms with Crippen molar-refractivity contribution in [2.75, 3.05) is 5.32 Å². The zero-order valence-corrected chi connectivity index (χ0v) is 21.7. The van der Waals surface area contributed by atoms with E-state index in [9.17, 15) is 14.9 Å². The van der Waals surface area contributed by atoms with Crippen molar-refractivity contribution in [3.63, 3.8) is 0 Å². The van der Waals surface area contributed by atoms with Crippen LogP contribution in [0.15, 0.2) is 70.0 Å². The van der Waals surface area contributed by atoms with Gasteiger partial charge in [-0.1, -0.05) is 42.4 Å². The van der Waals surface area contributed by atoms with Gasteiger partial charge in [0.05, 0.1) is 19.3 Å². The number of amides is 1. The summed E-state index contributed by atoms with van der Waals surface area (Å²) in [5, 5.41) is 17.4. The van der Waals surface area contributed by atoms with Gasteiger partial charge in [0, 0.05) is 17.8 Å². The molecule has 3 aromatic rings. The van der Waals surface area contributed by atoms with Crippen LogP contribution in [0.1, 0.15) is 23.6 Å². The summed E-state index contributed by atoms with van der Waals surface area (Å²) in [4.78, 5) is 23.4. The molecule has 1 atom stereocenters. The Bertz CT molecular complexity index is 1260. The number of nitrogens with zero attached hydrogens (tertiary/aromatic N) is 1. The standard InChI is InChI=1S/C25H21BrClN3O4S/c1-2-15-3-7-18(8-4-15)28-25-29-24(31)22(35-25)13-17-11-20(26)23(21(27)12-17)34-14-16-5-9-19(10-6-16)30(32)33/h3-13,25,28H,2,14H2,1H3,(H,29,31)/b22-13-/t25-/m0/s1. The van der Waals surface area contributed by atoms with Gasteiger partial charge in [0.15, 0.2) is 11.2 Å². The minimum atomic E-state index is -0.448. The molecule has 2 N–H and O–H groups in total. The molecule has 1 heterocycles. The van der Waals surface area contributed by atoms with Crippen molar-refractivity contribution in [2.24, 2.45) is 0 Å². The van der Waals surface area contributed by atoms with Crippen LogP contribution in [0.5, 0.6) is 5.75 Å². The quantitative estimate of drug-likeness (QED) is 0.176. The second kappa shape index (κ2) is 11.2. The van der Waals surface area contributed by atoms with Crippen molar-refractivity contribution in [3.05, 3.63) is 102 Å². The van der Waals surface area contributed by atoms with E-state index in [0.29, 0.717) is 20.2 Å². The highest BCUT2D eigenvalue weighted by Gasteiger charge is 2.27. The lowest BCUT2D eigenvalue weighted by Crippen LogP contribution is -2.30. The average Bonchev–Trinajstić information content (AvgIpc) is 3.17. The predicted molar refractivity (Wildman–Crippen MR) is 144 cm³/mol. The fraction of sp³-hybridized carbons (Fsp3) is 0.160. The molecule has 180 valence electrons. The van der Waals surface area contributed by atoms with E-state index in [0.717, 1.165) is 23.2 Å². The second-order valence-electron chi connectivity index (χ2n) is 7.70. The van der Waals surface area contributed by atoms with Gasteiger partial charge in [-0.15, -0.1) is 0 Å². The summed E-state index contributed by atoms with van der Waals surface area (Å²) in [6.07, 6.45) is 2.75. The molecule has 4 rings (SSSR count). The summed E-state index contributed by atoms with van der Waals surface area (Å²) in [5.74, 6) is 0.286. The van der Waals surface area contributed by atoms with Crippen LogP contribution in [-0.2, 0) is 17.8 Å². The summed E-state index contributed by atoms with van der Waals surface area (Å²) in [6, 6.07) is 17.8. The Morgan fingerprint density at radius 1 is 1.17 bits per heavy atom. The maximum atomic E-state index is 12.5. The number of rotatable bonds is 8. The maximum Gasteiger partial charge on any atom is 0.269 e. The molecule has 1 saturated heterocycles. The number of ether oxygens (including phenoxy) is 1. The number of carbonyl (C=O) groups is 1. The Kier molecular flexibility index (Phi) is 8.00. The first-order valence-corrected chi connectivity index (χ1v) is 12.8. The number of aryl methyl sites for hydroxylation is 1. The van der Waals surface area contributed by atoms with Gasteiger partial charge in [0.1, 0.15) is 6.61 Å². The number of nitro groups is 1. The van der Waals surface area contributed by atoms with Crippen molar-refractivity contribution in [2.45, 2.75) is 25.4 Å². The van der Waals surface area contributed by atoms with Crippen LogP contribution < -0.4 is 15.4 Å². The van der Waals surface area contributed by atoms with Gasteiger partial charge in [-0.2, -0.15) is 0 Å². The third-order valence-corrected chi connectivity index (χ3v) is 7.14. The number of halogens is 2. The monoisotopic (exact) mass is 573 g/mol. The molecule has 0 aliphatic carbocycles. The minimum absolute atomic E-state index is 0.0195. The van der Waals surface area contributed by atoms with Crippen LogP contribution in [0.3, 0.4) is 0 Å². The van der Waals surface area contributed by atoms with E-state index < -0.39 is 4.92 Å². The number of hydrogen-bond donors (Lipinski definition) is 2. The highest BCUT2D eigenvalue weighted by molar-refractivity contribution is 9.10. The Morgan fingerprint density at radius 3 is 2.49 bits per heavy atom. The zero-order valence-electron chi connectivity index (χ0n) is 18.6. The Balaban J connectivity index is 1.42. The topological polar surface area (TPSA) is 93.5 Å². The summed E-state index contributed by atoms with van der Waals surface area (Å²) in [7, 11) is 0. The molecule has 0 radical (unpaired) electrons. The molecule has 3 aromatic carbocycles. The van der Waals surface area contributed by atoms with Gasteiger partial charge in [-0.25, -0.2) is 0 Å². The summed E-state index contributed by atoms with van der Waals surface area (Å²) >= 11 is 11.3. The molecule has 35 heavy (non-hydrogen) atoms. The third kappa shape index (κ3) is 6.36. The van der Waals surface area contributed by atoms with Crippen LogP contribution in [-0.4, -0.2) is 16.3 Å². The molecule has 7 nitrogen and oxygen atoms in total. The first-order chi connectivity index (χ1) is 16.8. The van der Waals surface area contributed by atoms with Crippen LogP contribution in [0.4, 0.5) is 11.4 Å². The number of nitrogens with one attached hydrogen (secondary N) is 2. The lowest BCUT2D eigenvalue weighted by Gasteiger charge is -2.13. The van der Waals surface area contributed by atoms with Gasteiger partial charge in [-0.3, -0.25) is 14.9 Å². The molecule has 1 aliphatic heterocycles. The molecule has 1 amide bonds. The van der Waals surface area contributed by atoms with E-state index in [4.69, 9.17) is 16.3 Å². The molecule has 1 aliphatic rings. The van der Waals surface area contributed by atoms with E-state index in [2.05, 4.69) is 45.6 Å². The molecule has 0 spiro atoms. The summed E-state index contributed by atoms with van der Waals surface area (Å²) < 4.78 is 6.47. The number of thioether (sulfide) groups is 1. The zero-order chi connectivity index (χ0) is 24.9. The number of hydrogen-bond acceptors (Lipinski definition) is 6. The first kappa shape index (κ1) is 25.1. The average molecular weight is 575 g/mol. The van der Waals surface area contributed by atoms with Crippen molar-refractivity contribution in [1.29, 1.82) is 0 Å². The summed E-state index contributed by atoms with van der Waals surface area (Å²) in [5.41, 5.74) is 3.45. The Hall–Kier alpha value is -3.01. The molecule has 10 heteroatoms. The van der Waals surface area contributed by atoms with Gasteiger partial charge < -0.3 is 15.4 Å². The van der Waals surface area contributed by atoms with Crippen molar-refractivity contribution in [1.82, 2.24) is 5.32 Å². The Labute approximate surface area is 220 Å². The normalized spacial score (nSPS) is 16.3. The SMILES string of the molecule is CCc1ccc(N[C@H]2NC(=O)/C(=C/c3cc(Cl)c(OCc4ccc([N+](=O)[O-])cc4)c(Br)c3)S2)cc1. The maximum absolute atomic E-state index is 12.5. The summed E-state index contributed by atoms with van der Waals surface area (Å²) in [6.45, 7) is 2.30. The molecule has 0 saturated carbocycles. The van der Waals surface area contributed by atoms with E-state index in [-0.39, 0.29) is 23.7 Å². The van der Waals surface area contributed by atoms with Crippen molar-refractivity contribution >= 4 is 62.7 Å². The van der Waals surface area contributed by atoms with Gasteiger partial charge in [-0.05, 0) is 81.5 Å². The highest BCUT2D eigenvalue weighted by Crippen LogP contribution is 2.37. The molecule has 0 unspecified atom stereocenters. The first-order valence-electron chi connectivity index (χ1n) is 10.7. The smallest absolute Gasteiger partial charge is 0.269 e. The third-order valence-electron chi connectivity index (χ3n) is 5.24. The Morgan fingerprint density at radius 2 is 1.86 bits per heavy atom. The fourth-order valence-electron chi connectivity index (χ4n) is 3.37. The molecule has 0 bridgehead atoms. The lowest BCUT2D eigenvalue weighted by molar-refractivity contribution is -0.384. The van der Waals surface area contributed by atoms with E-state index in [1.54, 1.807) is 24.3 Å². The molecular weight excluding hydrogens is 554 g/mol. The van der Waals surface area contributed by atoms with Crippen molar-refractivity contribution in [3.8, 4) is 5.75 Å². The van der Waals surface area contributed by atoms with Gasteiger partial charge in [0.25, 0.3) is 11.6 Å². The second-order valence-corrected chi connectivity index (χ2v) is 10.1. The molecule has 0 aromatic heterocycles. The van der Waals surface area contributed by atoms with Gasteiger partial charge in [0.2, 0.25) is 0 Å². The number of benzene rings is 3. The highest BCUT2D eigenvalue weighted by atomic mass is 79.9. The van der Waals surface area contributed by atoms with Gasteiger partial charge >= 0.3 is 0 Å². The van der Waals surface area contributed by atoms with Crippen LogP contribution >= 0.6 is 39.3 Å². The predicted octanol–water partition coefficient (Wildman–Crippen LogP) is 6.75. The van der Waals surface area contributed by atoms with Crippen molar-refractivity contribution < 1.29 is 14.5 Å². The molecular formula is C25H21BrClN3O4S. The number of carbonyl (C=O) groups excluding carboxylic acids is 1. The van der Waals surface area contributed by atoms with Crippen LogP contribution in [0, 0.1) is 10.1 Å². The number of non-ortho nitro benzene ring substituents is 1. The molecule has 1 fully saturated rings. The lowest BCUT2D eigenvalue weighted by atomic mass is 10.1. The largest absolute Gasteiger partial charge is 0.486 e. The number of nitro benzene ring substituents is 1. The number of anilines is 1.